The summed E-state index contributed by atoms with van der Waals surface area (Å²) in [6.45, 7) is 0.959. The van der Waals surface area contributed by atoms with Crippen LogP contribution in [0.2, 0.25) is 0 Å². The fraction of sp³-hybridized carbons (Fsp3) is 0.833. The van der Waals surface area contributed by atoms with Gasteiger partial charge in [-0.1, -0.05) is 12.2 Å². The predicted octanol–water partition coefficient (Wildman–Crippen LogP) is 1.13. The Balaban J connectivity index is 2.66. The normalized spacial score (nSPS) is 9.00. The average molecular weight is 146 g/mol. The molecule has 0 atom stereocenters. The number of thiocarbonyl (C=S) groups is 1. The molecule has 1 radical (unpaired) electrons. The molecule has 0 spiro atoms. The molecule has 0 aliphatic carbocycles. The topological polar surface area (TPSA) is 31.9 Å². The first-order valence-corrected chi connectivity index (χ1v) is 3.64. The van der Waals surface area contributed by atoms with Crippen LogP contribution in [0.1, 0.15) is 19.3 Å². The van der Waals surface area contributed by atoms with E-state index in [1.807, 2.05) is 0 Å². The van der Waals surface area contributed by atoms with Gasteiger partial charge in [-0.25, -0.2) is 5.11 Å². The van der Waals surface area contributed by atoms with Gasteiger partial charge >= 0.3 is 0 Å². The minimum Gasteiger partial charge on any atom is -0.382 e. The van der Waals surface area contributed by atoms with Gasteiger partial charge in [-0.2, -0.15) is 0 Å². The lowest BCUT2D eigenvalue weighted by molar-refractivity contribution is 0.186. The molecule has 2 nitrogen and oxygen atoms in total. The maximum atomic E-state index is 9.91. The van der Waals surface area contributed by atoms with E-state index in [1.54, 1.807) is 0 Å². The van der Waals surface area contributed by atoms with Crippen LogP contribution >= 0.6 is 12.2 Å². The molecule has 1 N–H and O–H groups in total. The van der Waals surface area contributed by atoms with E-state index in [0.29, 0.717) is 0 Å². The third kappa shape index (κ3) is 7.85. The summed E-state index contributed by atoms with van der Waals surface area (Å²) in [6, 6.07) is 0. The van der Waals surface area contributed by atoms with E-state index in [0.717, 1.165) is 25.8 Å². The summed E-state index contributed by atoms with van der Waals surface area (Å²) in [5, 5.41) is 12.8. The van der Waals surface area contributed by atoms with Crippen LogP contribution in [0.4, 0.5) is 0 Å². The van der Waals surface area contributed by atoms with Crippen molar-refractivity contribution in [2.45, 2.75) is 19.3 Å². The van der Waals surface area contributed by atoms with Crippen molar-refractivity contribution in [2.75, 3.05) is 13.2 Å². The molecule has 0 rings (SSSR count). The summed E-state index contributed by atoms with van der Waals surface area (Å²) in [7, 11) is 0. The molecule has 3 heteroatoms. The van der Waals surface area contributed by atoms with Crippen molar-refractivity contribution in [3.63, 3.8) is 0 Å². The summed E-state index contributed by atoms with van der Waals surface area (Å²) in [5.74, 6) is 0. The Kier molecular flexibility index (Phi) is 7.72. The minimum atomic E-state index is 0.0532. The van der Waals surface area contributed by atoms with E-state index < -0.39 is 0 Å². The van der Waals surface area contributed by atoms with Crippen molar-refractivity contribution >= 4 is 17.7 Å². The SMILES string of the molecule is [O]CCCCCNC=S. The third-order valence-corrected chi connectivity index (χ3v) is 1.22. The molecule has 0 aliphatic rings. The highest BCUT2D eigenvalue weighted by Crippen LogP contribution is 1.91. The molecule has 0 aliphatic heterocycles. The molecule has 0 saturated carbocycles. The van der Waals surface area contributed by atoms with Gasteiger partial charge in [0.15, 0.2) is 0 Å². The maximum Gasteiger partial charge on any atom is 0.0822 e. The van der Waals surface area contributed by atoms with Gasteiger partial charge in [0, 0.05) is 6.54 Å². The quantitative estimate of drug-likeness (QED) is 0.450. The van der Waals surface area contributed by atoms with Crippen LogP contribution in [0.5, 0.6) is 0 Å². The van der Waals surface area contributed by atoms with Crippen LogP contribution in [0.15, 0.2) is 0 Å². The van der Waals surface area contributed by atoms with Gasteiger partial charge in [-0.3, -0.25) is 0 Å². The largest absolute Gasteiger partial charge is 0.382 e. The van der Waals surface area contributed by atoms with Crippen LogP contribution in [-0.4, -0.2) is 18.6 Å². The number of unbranched alkanes of at least 4 members (excludes halogenated alkanes) is 2. The Labute approximate surface area is 61.3 Å². The Bertz CT molecular complexity index is 68.1. The lowest BCUT2D eigenvalue weighted by atomic mass is 10.2. The van der Waals surface area contributed by atoms with Crippen LogP contribution < -0.4 is 5.32 Å². The second-order valence-corrected chi connectivity index (χ2v) is 2.07. The van der Waals surface area contributed by atoms with E-state index in [9.17, 15) is 5.11 Å². The predicted molar refractivity (Wildman–Crippen MR) is 41.1 cm³/mol. The highest BCUT2D eigenvalue weighted by molar-refractivity contribution is 7.78. The molecule has 0 bridgehead atoms. The molecule has 0 aromatic carbocycles. The number of nitrogens with one attached hydrogen (secondary N) is 1. The Morgan fingerprint density at radius 3 is 2.67 bits per heavy atom. The minimum absolute atomic E-state index is 0.0532. The van der Waals surface area contributed by atoms with E-state index in [-0.39, 0.29) is 6.61 Å². The average Bonchev–Trinajstić information content (AvgIpc) is 1.89. The Hall–Kier alpha value is -0.150. The zero-order valence-corrected chi connectivity index (χ0v) is 6.25. The second kappa shape index (κ2) is 7.85. The summed E-state index contributed by atoms with van der Waals surface area (Å²) >= 11 is 4.53. The standard InChI is InChI=1S/C6H12NOS/c8-5-3-1-2-4-7-6-9/h6H,1-5H2,(H,7,9). The van der Waals surface area contributed by atoms with Crippen LogP contribution in [0.25, 0.3) is 0 Å². The van der Waals surface area contributed by atoms with E-state index in [1.165, 1.54) is 5.49 Å². The molecule has 0 unspecified atom stereocenters. The van der Waals surface area contributed by atoms with E-state index in [2.05, 4.69) is 17.5 Å². The molecule has 0 saturated heterocycles. The molecular weight excluding hydrogens is 134 g/mol. The smallest absolute Gasteiger partial charge is 0.0822 e. The highest BCUT2D eigenvalue weighted by Gasteiger charge is 1.85. The second-order valence-electron chi connectivity index (χ2n) is 1.84. The molecule has 53 valence electrons. The van der Waals surface area contributed by atoms with Gasteiger partial charge in [-0.15, -0.1) is 0 Å². The van der Waals surface area contributed by atoms with Gasteiger partial charge in [0.2, 0.25) is 0 Å². The Morgan fingerprint density at radius 1 is 1.33 bits per heavy atom. The van der Waals surface area contributed by atoms with Crippen LogP contribution in [-0.2, 0) is 5.11 Å². The number of rotatable bonds is 6. The van der Waals surface area contributed by atoms with E-state index in [4.69, 9.17) is 0 Å². The monoisotopic (exact) mass is 146 g/mol. The summed E-state index contributed by atoms with van der Waals surface area (Å²) in [6.07, 6.45) is 2.86. The first-order valence-electron chi connectivity index (χ1n) is 3.17. The summed E-state index contributed by atoms with van der Waals surface area (Å²) in [4.78, 5) is 0. The summed E-state index contributed by atoms with van der Waals surface area (Å²) < 4.78 is 0. The first kappa shape index (κ1) is 8.85. The lowest BCUT2D eigenvalue weighted by Gasteiger charge is -1.96. The zero-order valence-electron chi connectivity index (χ0n) is 5.43. The van der Waals surface area contributed by atoms with Crippen molar-refractivity contribution in [2.24, 2.45) is 0 Å². The van der Waals surface area contributed by atoms with Gasteiger partial charge < -0.3 is 5.32 Å². The van der Waals surface area contributed by atoms with E-state index >= 15 is 0 Å². The number of hydrogen-bond donors (Lipinski definition) is 1. The molecule has 0 heterocycles. The van der Waals surface area contributed by atoms with Gasteiger partial charge in [0.25, 0.3) is 0 Å². The van der Waals surface area contributed by atoms with Gasteiger partial charge in [0.05, 0.1) is 12.1 Å². The molecule has 9 heavy (non-hydrogen) atoms. The molecule has 0 fully saturated rings. The zero-order chi connectivity index (χ0) is 6.95. The van der Waals surface area contributed by atoms with Crippen molar-refractivity contribution in [3.05, 3.63) is 0 Å². The third-order valence-electron chi connectivity index (χ3n) is 1.05. The van der Waals surface area contributed by atoms with Gasteiger partial charge in [-0.05, 0) is 19.3 Å². The van der Waals surface area contributed by atoms with Gasteiger partial charge in [0.1, 0.15) is 0 Å². The highest BCUT2D eigenvalue weighted by atomic mass is 32.1. The molecule has 0 amide bonds. The van der Waals surface area contributed by atoms with Crippen molar-refractivity contribution in [3.8, 4) is 0 Å². The molecular formula is C6H12NOS. The van der Waals surface area contributed by atoms with Crippen molar-refractivity contribution in [1.82, 2.24) is 5.32 Å². The van der Waals surface area contributed by atoms with Crippen molar-refractivity contribution < 1.29 is 5.11 Å². The fourth-order valence-corrected chi connectivity index (χ4v) is 0.683. The lowest BCUT2D eigenvalue weighted by Crippen LogP contribution is -2.10. The van der Waals surface area contributed by atoms with Crippen molar-refractivity contribution in [1.29, 1.82) is 0 Å². The van der Waals surface area contributed by atoms with Crippen LogP contribution in [0, 0.1) is 0 Å². The first-order chi connectivity index (χ1) is 4.41. The molecule has 0 aromatic heterocycles. The summed E-state index contributed by atoms with van der Waals surface area (Å²) in [5.41, 5.74) is 1.51. The van der Waals surface area contributed by atoms with Crippen LogP contribution in [0.3, 0.4) is 0 Å². The molecule has 0 aromatic rings. The Morgan fingerprint density at radius 2 is 2.11 bits per heavy atom. The maximum absolute atomic E-state index is 9.91. The number of hydrogen-bond acceptors (Lipinski definition) is 1. The fourth-order valence-electron chi connectivity index (χ4n) is 0.565.